The van der Waals surface area contributed by atoms with E-state index in [-0.39, 0.29) is 28.9 Å². The van der Waals surface area contributed by atoms with Crippen LogP contribution in [-0.4, -0.2) is 69.9 Å². The summed E-state index contributed by atoms with van der Waals surface area (Å²) in [5, 5.41) is 2.55. The van der Waals surface area contributed by atoms with Gasteiger partial charge in [0.1, 0.15) is 16.9 Å². The van der Waals surface area contributed by atoms with Crippen molar-refractivity contribution in [3.8, 4) is 11.5 Å². The number of hydrogen-bond donors (Lipinski definition) is 2. The van der Waals surface area contributed by atoms with Gasteiger partial charge in [0.15, 0.2) is 0 Å². The molecule has 0 aliphatic carbocycles. The highest BCUT2D eigenvalue weighted by Gasteiger charge is 2.39. The number of quaternary nitrogens is 1. The summed E-state index contributed by atoms with van der Waals surface area (Å²) in [6, 6.07) is 5.57. The first-order valence-electron chi connectivity index (χ1n) is 9.11. The van der Waals surface area contributed by atoms with Crippen LogP contribution in [0.4, 0.5) is 0 Å². The van der Waals surface area contributed by atoms with Crippen molar-refractivity contribution < 1.29 is 24.0 Å². The second-order valence-corrected chi connectivity index (χ2v) is 8.25. The van der Waals surface area contributed by atoms with E-state index in [1.54, 1.807) is 30.9 Å². The number of nitrogens with one attached hydrogen (secondary N) is 2. The minimum absolute atomic E-state index is 0.0371. The van der Waals surface area contributed by atoms with Crippen LogP contribution in [0.5, 0.6) is 11.5 Å². The highest BCUT2D eigenvalue weighted by Crippen LogP contribution is 2.46. The van der Waals surface area contributed by atoms with Crippen LogP contribution < -0.4 is 19.7 Å². The molecule has 2 N–H and O–H groups in total. The first-order chi connectivity index (χ1) is 12.9. The first kappa shape index (κ1) is 21.4. The second kappa shape index (κ2) is 9.85. The van der Waals surface area contributed by atoms with E-state index in [1.165, 1.54) is 4.90 Å². The fourth-order valence-electron chi connectivity index (χ4n) is 2.94. The van der Waals surface area contributed by atoms with Crippen molar-refractivity contribution in [3.63, 3.8) is 0 Å². The van der Waals surface area contributed by atoms with Crippen molar-refractivity contribution in [1.29, 1.82) is 0 Å². The Bertz CT molecular complexity index is 668. The van der Waals surface area contributed by atoms with Crippen molar-refractivity contribution in [1.82, 2.24) is 10.2 Å². The minimum Gasteiger partial charge on any atom is -0.497 e. The monoisotopic (exact) mass is 396 g/mol. The van der Waals surface area contributed by atoms with Crippen LogP contribution in [0.3, 0.4) is 0 Å². The zero-order valence-corrected chi connectivity index (χ0v) is 17.5. The lowest BCUT2D eigenvalue weighted by atomic mass is 10.1. The Morgan fingerprint density at radius 3 is 2.67 bits per heavy atom. The van der Waals surface area contributed by atoms with E-state index in [9.17, 15) is 9.59 Å². The Morgan fingerprint density at radius 2 is 2.04 bits per heavy atom. The number of nitrogens with zero attached hydrogens (tertiary/aromatic N) is 1. The van der Waals surface area contributed by atoms with Crippen molar-refractivity contribution in [2.75, 3.05) is 47.9 Å². The molecule has 1 aliphatic rings. The van der Waals surface area contributed by atoms with Crippen LogP contribution in [0, 0.1) is 0 Å². The average Bonchev–Trinajstić information content (AvgIpc) is 2.93. The van der Waals surface area contributed by atoms with E-state index >= 15 is 0 Å². The van der Waals surface area contributed by atoms with Gasteiger partial charge in [-0.2, -0.15) is 0 Å². The van der Waals surface area contributed by atoms with E-state index in [4.69, 9.17) is 9.47 Å². The van der Waals surface area contributed by atoms with Gasteiger partial charge in [0.05, 0.1) is 46.7 Å². The summed E-state index contributed by atoms with van der Waals surface area (Å²) >= 11 is 1.56. The van der Waals surface area contributed by atoms with Crippen molar-refractivity contribution >= 4 is 23.6 Å². The van der Waals surface area contributed by atoms with Crippen LogP contribution in [-0.2, 0) is 9.59 Å². The third-order valence-corrected chi connectivity index (χ3v) is 5.85. The van der Waals surface area contributed by atoms with Crippen LogP contribution in [0.15, 0.2) is 18.2 Å². The predicted octanol–water partition coefficient (Wildman–Crippen LogP) is 0.317. The molecule has 0 aromatic heterocycles. The number of carbonyl (C=O) groups excluding carboxylic acids is 2. The summed E-state index contributed by atoms with van der Waals surface area (Å²) in [6.07, 6.45) is 0.282. The topological polar surface area (TPSA) is 72.3 Å². The average molecular weight is 397 g/mol. The lowest BCUT2D eigenvalue weighted by Gasteiger charge is -2.25. The van der Waals surface area contributed by atoms with Gasteiger partial charge in [-0.25, -0.2) is 0 Å². The van der Waals surface area contributed by atoms with Gasteiger partial charge in [-0.3, -0.25) is 9.59 Å². The Kier molecular flexibility index (Phi) is 7.79. The van der Waals surface area contributed by atoms with Gasteiger partial charge in [-0.05, 0) is 25.1 Å². The lowest BCUT2D eigenvalue weighted by molar-refractivity contribution is -0.856. The molecule has 2 amide bonds. The first-order valence-corrected chi connectivity index (χ1v) is 10.0. The smallest absolute Gasteiger partial charge is 0.236 e. The Hall–Kier alpha value is -1.93. The molecule has 8 heteroatoms. The Balaban J connectivity index is 2.10. The van der Waals surface area contributed by atoms with Crippen molar-refractivity contribution in [2.45, 2.75) is 24.0 Å². The maximum absolute atomic E-state index is 12.7. The van der Waals surface area contributed by atoms with Gasteiger partial charge in [0.2, 0.25) is 11.8 Å². The number of hydrogen-bond acceptors (Lipinski definition) is 5. The molecular weight excluding hydrogens is 366 g/mol. The quantitative estimate of drug-likeness (QED) is 0.629. The molecule has 0 saturated carbocycles. The van der Waals surface area contributed by atoms with Crippen molar-refractivity contribution in [2.24, 2.45) is 0 Å². The van der Waals surface area contributed by atoms with Gasteiger partial charge in [-0.1, -0.05) is 0 Å². The number of benzene rings is 1. The maximum Gasteiger partial charge on any atom is 0.236 e. The molecular formula is C19H30N3O4S+. The molecule has 150 valence electrons. The molecule has 1 aromatic carbocycles. The summed E-state index contributed by atoms with van der Waals surface area (Å²) < 4.78 is 10.8. The number of ether oxygens (including phenoxy) is 2. The molecule has 1 aromatic rings. The van der Waals surface area contributed by atoms with Crippen molar-refractivity contribution in [3.05, 3.63) is 23.8 Å². The van der Waals surface area contributed by atoms with Gasteiger partial charge in [0.25, 0.3) is 0 Å². The van der Waals surface area contributed by atoms with Gasteiger partial charge in [-0.15, -0.1) is 11.8 Å². The fourth-order valence-corrected chi connectivity index (χ4v) is 4.26. The summed E-state index contributed by atoms with van der Waals surface area (Å²) in [5.41, 5.74) is 0.885. The number of amides is 2. The molecule has 0 bridgehead atoms. The number of rotatable bonds is 9. The van der Waals surface area contributed by atoms with E-state index in [2.05, 4.69) is 5.32 Å². The molecule has 2 atom stereocenters. The molecule has 1 saturated heterocycles. The van der Waals surface area contributed by atoms with Crippen LogP contribution in [0.25, 0.3) is 0 Å². The van der Waals surface area contributed by atoms with Crippen LogP contribution in [0.1, 0.15) is 24.3 Å². The predicted molar refractivity (Wildman–Crippen MR) is 106 cm³/mol. The second-order valence-electron chi connectivity index (χ2n) is 6.83. The standard InChI is InChI=1S/C19H29N3O4S/c1-13-18(24)22(10-8-17(23)20-9-11-21(2)3)19(27-13)15-12-14(25-4)6-7-16(15)26-5/h6-7,12-13,19H,8-11H2,1-5H3,(H,20,23)/p+1/t13-,19+/m0/s1. The highest BCUT2D eigenvalue weighted by molar-refractivity contribution is 8.01. The maximum atomic E-state index is 12.7. The summed E-state index contributed by atoms with van der Waals surface area (Å²) in [4.78, 5) is 27.8. The molecule has 0 spiro atoms. The third-order valence-electron chi connectivity index (χ3n) is 4.48. The summed E-state index contributed by atoms with van der Waals surface area (Å²) in [5.74, 6) is 1.42. The molecule has 2 rings (SSSR count). The van der Waals surface area contributed by atoms with E-state index < -0.39 is 0 Å². The molecule has 0 unspecified atom stereocenters. The number of thioether (sulfide) groups is 1. The van der Waals surface area contributed by atoms with Crippen LogP contribution in [0.2, 0.25) is 0 Å². The van der Waals surface area contributed by atoms with Gasteiger partial charge >= 0.3 is 0 Å². The van der Waals surface area contributed by atoms with Gasteiger partial charge in [0, 0.05) is 18.5 Å². The normalized spacial score (nSPS) is 19.5. The SMILES string of the molecule is COc1ccc(OC)c([C@H]2S[C@@H](C)C(=O)N2CCC(=O)NCC[NH+](C)C)c1. The molecule has 1 fully saturated rings. The molecule has 0 radical (unpaired) electrons. The molecule has 7 nitrogen and oxygen atoms in total. The Labute approximate surface area is 165 Å². The lowest BCUT2D eigenvalue weighted by Crippen LogP contribution is -3.06. The van der Waals surface area contributed by atoms with E-state index in [1.807, 2.05) is 39.2 Å². The number of likely N-dealkylation sites (N-methyl/N-ethyl adjacent to an activating group) is 1. The Morgan fingerprint density at radius 1 is 1.30 bits per heavy atom. The van der Waals surface area contributed by atoms with E-state index in [0.717, 1.165) is 12.1 Å². The molecule has 1 aliphatic heterocycles. The van der Waals surface area contributed by atoms with E-state index in [0.29, 0.717) is 24.6 Å². The summed E-state index contributed by atoms with van der Waals surface area (Å²) in [6.45, 7) is 3.77. The van der Waals surface area contributed by atoms with Crippen LogP contribution >= 0.6 is 11.8 Å². The largest absolute Gasteiger partial charge is 0.497 e. The zero-order valence-electron chi connectivity index (χ0n) is 16.7. The van der Waals surface area contributed by atoms with Gasteiger partial charge < -0.3 is 24.6 Å². The molecule has 1 heterocycles. The number of carbonyl (C=O) groups is 2. The minimum atomic E-state index is -0.198. The highest BCUT2D eigenvalue weighted by atomic mass is 32.2. The molecule has 27 heavy (non-hydrogen) atoms. The number of methoxy groups -OCH3 is 2. The summed E-state index contributed by atoms with van der Waals surface area (Å²) in [7, 11) is 7.30. The zero-order chi connectivity index (χ0) is 20.0. The fraction of sp³-hybridized carbons (Fsp3) is 0.579. The third kappa shape index (κ3) is 5.52.